The number of carbonyl (C=O) groups is 7. The van der Waals surface area contributed by atoms with Crippen molar-refractivity contribution >= 4 is 64.0 Å². The van der Waals surface area contributed by atoms with Crippen LogP contribution < -0.4 is 21.1 Å². The van der Waals surface area contributed by atoms with E-state index in [1.807, 2.05) is 54.6 Å². The van der Waals surface area contributed by atoms with Gasteiger partial charge in [0.1, 0.15) is 54.6 Å². The van der Waals surface area contributed by atoms with Crippen LogP contribution in [0.3, 0.4) is 0 Å². The average Bonchev–Trinajstić information content (AvgIpc) is 3.98. The number of nitrogens with two attached hydrogens (primary N) is 1. The largest absolute Gasteiger partial charge is 0.462 e. The highest BCUT2D eigenvalue weighted by molar-refractivity contribution is 6.26. The van der Waals surface area contributed by atoms with Gasteiger partial charge in [0.2, 0.25) is 23.6 Å². The molecule has 6 amide bonds. The van der Waals surface area contributed by atoms with Crippen LogP contribution in [0.1, 0.15) is 46.0 Å². The molecule has 2 fully saturated rings. The minimum atomic E-state index is -1.15. The monoisotopic (exact) mass is 871 g/mol. The van der Waals surface area contributed by atoms with Crippen molar-refractivity contribution in [3.63, 3.8) is 0 Å². The maximum atomic E-state index is 13.4. The van der Waals surface area contributed by atoms with E-state index in [4.69, 9.17) is 29.8 Å². The molecule has 20 heteroatoms. The van der Waals surface area contributed by atoms with Gasteiger partial charge >= 0.3 is 5.97 Å². The fraction of sp³-hybridized carbons (Fsp3) is 0.273. The van der Waals surface area contributed by atoms with Gasteiger partial charge in [-0.3, -0.25) is 39.0 Å². The number of piperidine rings is 1. The van der Waals surface area contributed by atoms with Crippen LogP contribution in [-0.4, -0.2) is 123 Å². The van der Waals surface area contributed by atoms with Gasteiger partial charge in [-0.2, -0.15) is 5.10 Å². The third-order valence-corrected chi connectivity index (χ3v) is 10.8. The predicted octanol–water partition coefficient (Wildman–Crippen LogP) is 2.81. The number of likely N-dealkylation sites (tertiary alicyclic amines) is 1. The van der Waals surface area contributed by atoms with Crippen molar-refractivity contribution in [1.29, 1.82) is 0 Å². The molecule has 8 rings (SSSR count). The molecule has 5 aromatic rings. The maximum Gasteiger partial charge on any atom is 0.329 e. The normalized spacial score (nSPS) is 18.2. The Bertz CT molecular complexity index is 2670. The SMILES string of the molecule is C=CC(=O)N1C[C@@H](n2nc(-c3ccc(Oc4ccccc4)cc3)c3c(N)ncnc32)C[C@H]1C(=O)OCCOCCOCC(=O)Nc1cccc2c1C(=O)N(C1CCC(=O)NC1=O)C2=O. The number of nitrogen functional groups attached to an aromatic ring is 1. The van der Waals surface area contributed by atoms with Gasteiger partial charge in [-0.15, -0.1) is 0 Å². The lowest BCUT2D eigenvalue weighted by Crippen LogP contribution is -2.54. The van der Waals surface area contributed by atoms with Gasteiger partial charge in [0.05, 0.1) is 48.1 Å². The van der Waals surface area contributed by atoms with Gasteiger partial charge in [0.15, 0.2) is 5.65 Å². The third-order valence-electron chi connectivity index (χ3n) is 10.8. The summed E-state index contributed by atoms with van der Waals surface area (Å²) < 4.78 is 24.0. The number of carbonyl (C=O) groups excluding carboxylic acids is 7. The van der Waals surface area contributed by atoms with Crippen LogP contribution in [0.4, 0.5) is 11.5 Å². The number of hydrogen-bond acceptors (Lipinski definition) is 15. The number of fused-ring (bicyclic) bond motifs is 2. The molecule has 0 bridgehead atoms. The van der Waals surface area contributed by atoms with Crippen molar-refractivity contribution in [1.82, 2.24) is 34.9 Å². The molecule has 3 aliphatic rings. The molecule has 2 saturated heterocycles. The number of rotatable bonds is 16. The summed E-state index contributed by atoms with van der Waals surface area (Å²) in [4.78, 5) is 100. The van der Waals surface area contributed by atoms with Crippen LogP contribution >= 0.6 is 0 Å². The minimum Gasteiger partial charge on any atom is -0.462 e. The van der Waals surface area contributed by atoms with Gasteiger partial charge in [-0.25, -0.2) is 19.4 Å². The number of esters is 1. The lowest BCUT2D eigenvalue weighted by atomic mass is 10.0. The van der Waals surface area contributed by atoms with Gasteiger partial charge in [0, 0.05) is 24.9 Å². The summed E-state index contributed by atoms with van der Waals surface area (Å²) in [5.74, 6) is -2.91. The molecule has 4 N–H and O–H groups in total. The lowest BCUT2D eigenvalue weighted by molar-refractivity contribution is -0.153. The highest BCUT2D eigenvalue weighted by atomic mass is 16.6. The van der Waals surface area contributed by atoms with E-state index in [1.165, 1.54) is 29.4 Å². The van der Waals surface area contributed by atoms with E-state index in [-0.39, 0.29) is 74.9 Å². The van der Waals surface area contributed by atoms with Gasteiger partial charge in [0.25, 0.3) is 11.8 Å². The van der Waals surface area contributed by atoms with E-state index in [0.717, 1.165) is 16.5 Å². The zero-order valence-corrected chi connectivity index (χ0v) is 34.1. The Hall–Kier alpha value is -7.84. The van der Waals surface area contributed by atoms with E-state index < -0.39 is 66.1 Å². The summed E-state index contributed by atoms with van der Waals surface area (Å²) in [6, 6.07) is 18.4. The van der Waals surface area contributed by atoms with Gasteiger partial charge in [-0.05, 0) is 61.0 Å². The standard InChI is InChI=1S/C44H41N9O11/c1-2-35(56)51-22-26(53-40-37(39(45)46-24-47-40)38(50-53)25-11-13-28(14-12-25)64-27-7-4-3-5-8-27)21-32(51)44(60)63-20-19-61-17-18-62-23-34(55)48-30-10-6-9-29-36(30)43(59)52(42(29)58)31-15-16-33(54)49-41(31)57/h2-14,24,26,31-32H,1,15-23H2,(H,48,55)(H2,45,46,47)(H,49,54,57)/t26-,31?,32-/m0/s1. The summed E-state index contributed by atoms with van der Waals surface area (Å²) in [5.41, 5.74) is 8.05. The summed E-state index contributed by atoms with van der Waals surface area (Å²) >= 11 is 0. The molecular formula is C44H41N9O11. The molecule has 3 atom stereocenters. The van der Waals surface area contributed by atoms with Crippen LogP contribution in [0.5, 0.6) is 11.5 Å². The minimum absolute atomic E-state index is 0.00429. The lowest BCUT2D eigenvalue weighted by Gasteiger charge is -2.27. The van der Waals surface area contributed by atoms with E-state index >= 15 is 0 Å². The van der Waals surface area contributed by atoms with E-state index in [0.29, 0.717) is 28.2 Å². The number of aromatic nitrogens is 4. The first-order valence-electron chi connectivity index (χ1n) is 20.2. The first-order valence-corrected chi connectivity index (χ1v) is 20.2. The Balaban J connectivity index is 0.814. The molecule has 0 radical (unpaired) electrons. The molecule has 0 saturated carbocycles. The Morgan fingerprint density at radius 1 is 0.891 bits per heavy atom. The average molecular weight is 872 g/mol. The Morgan fingerprint density at radius 3 is 2.41 bits per heavy atom. The van der Waals surface area contributed by atoms with E-state index in [1.54, 1.807) is 4.68 Å². The number of hydrogen-bond donors (Lipinski definition) is 3. The summed E-state index contributed by atoms with van der Waals surface area (Å²) in [6.07, 6.45) is 2.59. The van der Waals surface area contributed by atoms with Gasteiger partial charge in [-0.1, -0.05) is 30.8 Å². The fourth-order valence-electron chi connectivity index (χ4n) is 7.82. The highest BCUT2D eigenvalue weighted by Crippen LogP contribution is 2.37. The van der Waals surface area contributed by atoms with Crippen LogP contribution in [0, 0.1) is 0 Å². The van der Waals surface area contributed by atoms with Crippen LogP contribution in [0.2, 0.25) is 0 Å². The number of benzene rings is 3. The van der Waals surface area contributed by atoms with Crippen molar-refractivity contribution in [3.8, 4) is 22.8 Å². The Morgan fingerprint density at radius 2 is 1.64 bits per heavy atom. The molecule has 0 aliphatic carbocycles. The summed E-state index contributed by atoms with van der Waals surface area (Å²) in [6.45, 7) is 3.17. The van der Waals surface area contributed by atoms with Crippen LogP contribution in [0.25, 0.3) is 22.3 Å². The van der Waals surface area contributed by atoms with Crippen molar-refractivity contribution in [3.05, 3.63) is 103 Å². The van der Waals surface area contributed by atoms with Gasteiger partial charge < -0.3 is 34.9 Å². The number of para-hydroxylation sites is 1. The molecule has 2 aromatic heterocycles. The number of nitrogens with zero attached hydrogens (tertiary/aromatic N) is 6. The second-order valence-corrected chi connectivity index (χ2v) is 14.8. The van der Waals surface area contributed by atoms with Crippen LogP contribution in [-0.2, 0) is 38.2 Å². The van der Waals surface area contributed by atoms with Crippen molar-refractivity contribution in [2.45, 2.75) is 37.4 Å². The Labute approximate surface area is 364 Å². The number of amides is 6. The Kier molecular flexibility index (Phi) is 12.5. The van der Waals surface area contributed by atoms with E-state index in [2.05, 4.69) is 27.2 Å². The number of ether oxygens (including phenoxy) is 4. The molecule has 3 aromatic carbocycles. The molecular weight excluding hydrogens is 831 g/mol. The second-order valence-electron chi connectivity index (χ2n) is 14.8. The number of anilines is 2. The van der Waals surface area contributed by atoms with Crippen molar-refractivity contribution in [2.75, 3.05) is 50.6 Å². The smallest absolute Gasteiger partial charge is 0.329 e. The fourth-order valence-corrected chi connectivity index (χ4v) is 7.82. The first-order chi connectivity index (χ1) is 31.0. The second kappa shape index (κ2) is 18.6. The molecule has 5 heterocycles. The summed E-state index contributed by atoms with van der Waals surface area (Å²) in [5, 5.41) is 10.1. The molecule has 1 unspecified atom stereocenters. The molecule has 328 valence electrons. The quantitative estimate of drug-likeness (QED) is 0.0558. The maximum absolute atomic E-state index is 13.4. The predicted molar refractivity (Wildman–Crippen MR) is 225 cm³/mol. The number of nitrogens with one attached hydrogen (secondary N) is 2. The topological polar surface area (TPSA) is 257 Å². The van der Waals surface area contributed by atoms with Crippen molar-refractivity contribution < 1.29 is 52.5 Å². The van der Waals surface area contributed by atoms with Crippen molar-refractivity contribution in [2.24, 2.45) is 0 Å². The highest BCUT2D eigenvalue weighted by Gasteiger charge is 2.46. The first kappa shape index (κ1) is 42.8. The molecule has 64 heavy (non-hydrogen) atoms. The molecule has 0 spiro atoms. The third kappa shape index (κ3) is 8.76. The zero-order chi connectivity index (χ0) is 44.9. The molecule has 3 aliphatic heterocycles. The number of imide groups is 2. The van der Waals surface area contributed by atoms with E-state index in [9.17, 15) is 33.6 Å². The summed E-state index contributed by atoms with van der Waals surface area (Å²) in [7, 11) is 0. The van der Waals surface area contributed by atoms with Crippen LogP contribution in [0.15, 0.2) is 91.8 Å². The molecule has 20 nitrogen and oxygen atoms in total. The zero-order valence-electron chi connectivity index (χ0n) is 34.1.